The van der Waals surface area contributed by atoms with Crippen LogP contribution >= 0.6 is 56.8 Å². The molecule has 1 aromatic carbocycles. The fourth-order valence-corrected chi connectivity index (χ4v) is 10.7. The smallest absolute Gasteiger partial charge is 0.444 e. The first kappa shape index (κ1) is 41.5. The van der Waals surface area contributed by atoms with Crippen LogP contribution in [0.2, 0.25) is 13.7 Å². The zero-order chi connectivity index (χ0) is 39.7. The maximum atomic E-state index is 14.5. The first-order chi connectivity index (χ1) is 26.1. The van der Waals surface area contributed by atoms with Crippen molar-refractivity contribution in [2.24, 2.45) is 0 Å². The molecule has 0 bridgehead atoms. The second kappa shape index (κ2) is 17.2. The van der Waals surface area contributed by atoms with Crippen molar-refractivity contribution in [3.8, 4) is 0 Å². The average molecular weight is 861 g/mol. The standard InChI is InChI=1S/C36H45Cl3N6O8S2/c1-5-55(28-16-29(38)54-30(28)39)42-33(48)45-20-22(45)10-6-7-13-51-14-12-26(40-34(49)53-36(2,3)4)32(47)44-18-23(15-27(44)31(46)41-45)52-35(50)43-17-21-9-8-11-25(37)24(21)19-43/h5,8-9,11,16,22-23,26-27H,6-7,10,12-15,17-20H2,1-4H3,(H2-,40,41,42,46,48,49)/p+1/t22-,23?,26+,27+,45?,55?/m1/s1. The number of quaternary nitrogens is 1. The van der Waals surface area contributed by atoms with Crippen molar-refractivity contribution in [2.75, 3.05) is 26.3 Å². The molecule has 55 heavy (non-hydrogen) atoms. The number of hydrogen-bond acceptors (Lipinski definition) is 9. The number of benzene rings is 1. The lowest BCUT2D eigenvalue weighted by Gasteiger charge is -2.30. The number of nitrogens with one attached hydrogen (secondary N) is 3. The summed E-state index contributed by atoms with van der Waals surface area (Å²) in [6, 6.07) is 4.25. The molecule has 3 saturated heterocycles. The molecule has 6 rings (SSSR count). The Morgan fingerprint density at radius 3 is 2.58 bits per heavy atom. The third kappa shape index (κ3) is 9.71. The van der Waals surface area contributed by atoms with E-state index in [9.17, 15) is 24.0 Å². The molecule has 2 aromatic rings. The molecule has 1 aromatic heterocycles. The lowest BCUT2D eigenvalue weighted by Crippen LogP contribution is -2.60. The summed E-state index contributed by atoms with van der Waals surface area (Å²) in [5.74, 6) is -1.17. The second-order valence-electron chi connectivity index (χ2n) is 14.9. The Balaban J connectivity index is 1.26. The lowest BCUT2D eigenvalue weighted by molar-refractivity contribution is -0.768. The third-order valence-corrected chi connectivity index (χ3v) is 13.6. The highest BCUT2D eigenvalue weighted by Gasteiger charge is 2.64. The molecule has 4 aliphatic heterocycles. The predicted octanol–water partition coefficient (Wildman–Crippen LogP) is 6.62. The number of hydrogen-bond donors (Lipinski definition) is 3. The topological polar surface area (TPSA) is 156 Å². The molecule has 3 unspecified atom stereocenters. The number of alkyl carbamates (subject to hydrolysis) is 1. The van der Waals surface area contributed by atoms with Gasteiger partial charge in [0.15, 0.2) is 12.6 Å². The minimum atomic E-state index is -1.14. The van der Waals surface area contributed by atoms with Gasteiger partial charge in [-0.15, -0.1) is 15.9 Å². The molecular weight excluding hydrogens is 815 g/mol. The molecule has 6 atom stereocenters. The SMILES string of the molecule is C/C=S(/NC(=O)[N+]12C[C@H]1CCCCOCC[C@H](NC(=O)OC(C)(C)C)C(=O)N1CC(OC(=O)N3Cc4cccc(Cl)c4C3)C[C@H]1C(=O)N2)c1cc(Cl)sc1Cl. The van der Waals surface area contributed by atoms with E-state index >= 15 is 0 Å². The normalized spacial score (nSPS) is 26.5. The molecule has 3 fully saturated rings. The van der Waals surface area contributed by atoms with Crippen LogP contribution < -0.4 is 15.5 Å². The van der Waals surface area contributed by atoms with E-state index in [0.717, 1.165) is 17.5 Å². The number of amides is 6. The van der Waals surface area contributed by atoms with Crippen LogP contribution in [0.15, 0.2) is 29.2 Å². The summed E-state index contributed by atoms with van der Waals surface area (Å²) < 4.78 is 20.9. The van der Waals surface area contributed by atoms with Gasteiger partial charge in [-0.25, -0.2) is 19.1 Å². The molecule has 0 saturated carbocycles. The zero-order valence-corrected chi connectivity index (χ0v) is 34.9. The van der Waals surface area contributed by atoms with Crippen molar-refractivity contribution < 1.29 is 42.8 Å². The van der Waals surface area contributed by atoms with E-state index in [2.05, 4.69) is 15.5 Å². The van der Waals surface area contributed by atoms with E-state index in [4.69, 9.17) is 49.0 Å². The van der Waals surface area contributed by atoms with Crippen LogP contribution in [0.5, 0.6) is 0 Å². The van der Waals surface area contributed by atoms with E-state index in [1.165, 1.54) is 21.1 Å². The van der Waals surface area contributed by atoms with E-state index in [-0.39, 0.29) is 43.2 Å². The largest absolute Gasteiger partial charge is 0.451 e. The highest BCUT2D eigenvalue weighted by Crippen LogP contribution is 2.41. The van der Waals surface area contributed by atoms with Crippen LogP contribution in [0, 0.1) is 0 Å². The molecule has 0 aliphatic carbocycles. The van der Waals surface area contributed by atoms with E-state index in [1.807, 2.05) is 17.5 Å². The van der Waals surface area contributed by atoms with Crippen LogP contribution in [0.3, 0.4) is 0 Å². The summed E-state index contributed by atoms with van der Waals surface area (Å²) in [7, 11) is -0.923. The van der Waals surface area contributed by atoms with Crippen LogP contribution in [0.25, 0.3) is 0 Å². The molecule has 300 valence electrons. The van der Waals surface area contributed by atoms with Crippen molar-refractivity contribution in [1.82, 2.24) is 25.3 Å². The first-order valence-corrected chi connectivity index (χ1v) is 21.4. The maximum Gasteiger partial charge on any atom is 0.451 e. The maximum absolute atomic E-state index is 14.5. The molecule has 5 heterocycles. The number of halogens is 3. The van der Waals surface area contributed by atoms with Gasteiger partial charge in [-0.2, -0.15) is 5.43 Å². The number of nitrogens with zero attached hydrogens (tertiary/aromatic N) is 3. The van der Waals surface area contributed by atoms with Crippen LogP contribution in [-0.4, -0.2) is 106 Å². The summed E-state index contributed by atoms with van der Waals surface area (Å²) in [6.07, 6.45) is -0.179. The minimum Gasteiger partial charge on any atom is -0.444 e. The summed E-state index contributed by atoms with van der Waals surface area (Å²) in [5, 5.41) is 5.03. The number of thiophene rings is 1. The zero-order valence-electron chi connectivity index (χ0n) is 31.0. The minimum absolute atomic E-state index is 0.0388. The predicted molar refractivity (Wildman–Crippen MR) is 211 cm³/mol. The van der Waals surface area contributed by atoms with Crippen molar-refractivity contribution >= 4 is 92.2 Å². The van der Waals surface area contributed by atoms with Gasteiger partial charge in [0.05, 0.1) is 22.3 Å². The molecule has 14 nitrogen and oxygen atoms in total. The van der Waals surface area contributed by atoms with Crippen LogP contribution in [-0.2, 0) is 36.9 Å². The molecule has 4 aliphatic rings. The van der Waals surface area contributed by atoms with Gasteiger partial charge >= 0.3 is 18.2 Å². The van der Waals surface area contributed by atoms with Gasteiger partial charge in [0, 0.05) is 44.0 Å². The number of urea groups is 1. The summed E-state index contributed by atoms with van der Waals surface area (Å²) >= 11 is 20.3. The fourth-order valence-electron chi connectivity index (χ4n) is 7.09. The molecule has 19 heteroatoms. The van der Waals surface area contributed by atoms with Crippen molar-refractivity contribution in [1.29, 1.82) is 0 Å². The highest BCUT2D eigenvalue weighted by molar-refractivity contribution is 8.13. The van der Waals surface area contributed by atoms with Crippen LogP contribution in [0.1, 0.15) is 70.9 Å². The number of rotatable bonds is 4. The van der Waals surface area contributed by atoms with E-state index in [0.29, 0.717) is 51.1 Å². The second-order valence-corrected chi connectivity index (χ2v) is 19.4. The monoisotopic (exact) mass is 859 g/mol. The fraction of sp³-hybridized carbons (Fsp3) is 0.556. The summed E-state index contributed by atoms with van der Waals surface area (Å²) in [6.45, 7) is 8.25. The van der Waals surface area contributed by atoms with Gasteiger partial charge in [0.25, 0.3) is 5.91 Å². The van der Waals surface area contributed by atoms with Gasteiger partial charge in [0.1, 0.15) is 28.1 Å². The third-order valence-electron chi connectivity index (χ3n) is 9.87. The molecular formula is C36H46Cl3N6O8S2+. The molecule has 6 amide bonds. The Morgan fingerprint density at radius 1 is 1.11 bits per heavy atom. The Labute approximate surface area is 341 Å². The van der Waals surface area contributed by atoms with Gasteiger partial charge in [-0.3, -0.25) is 14.5 Å². The number of fused-ring (bicyclic) bond motifs is 3. The van der Waals surface area contributed by atoms with Gasteiger partial charge < -0.3 is 24.4 Å². The number of carbonyl (C=O) groups is 5. The Kier molecular flexibility index (Phi) is 13.0. The van der Waals surface area contributed by atoms with E-state index in [1.54, 1.807) is 39.8 Å². The first-order valence-electron chi connectivity index (χ1n) is 18.2. The summed E-state index contributed by atoms with van der Waals surface area (Å²) in [4.78, 5) is 73.0. The van der Waals surface area contributed by atoms with Crippen molar-refractivity contribution in [3.05, 3.63) is 49.1 Å². The lowest BCUT2D eigenvalue weighted by atomic mass is 10.1. The van der Waals surface area contributed by atoms with Gasteiger partial charge in [-0.05, 0) is 69.2 Å². The van der Waals surface area contributed by atoms with Crippen molar-refractivity contribution in [2.45, 2.75) is 108 Å². The Hall–Kier alpha value is -3.12. The number of ether oxygens (including phenoxy) is 3. The quantitative estimate of drug-likeness (QED) is 0.176. The molecule has 0 spiro atoms. The summed E-state index contributed by atoms with van der Waals surface area (Å²) in [5.41, 5.74) is 3.89. The number of carbonyl (C=O) groups excluding carboxylic acids is 5. The van der Waals surface area contributed by atoms with E-state index < -0.39 is 64.5 Å². The van der Waals surface area contributed by atoms with Gasteiger partial charge in [0.2, 0.25) is 5.91 Å². The van der Waals surface area contributed by atoms with Crippen molar-refractivity contribution in [3.63, 3.8) is 0 Å². The Morgan fingerprint density at radius 2 is 1.89 bits per heavy atom. The highest BCUT2D eigenvalue weighted by atomic mass is 35.5. The van der Waals surface area contributed by atoms with Gasteiger partial charge in [-0.1, -0.05) is 57.6 Å². The Bertz CT molecular complexity index is 1870. The molecule has 0 radical (unpaired) electrons. The average Bonchev–Trinajstić information content (AvgIpc) is 3.41. The van der Waals surface area contributed by atoms with Crippen LogP contribution in [0.4, 0.5) is 14.4 Å². The molecule has 3 N–H and O–H groups in total.